The topological polar surface area (TPSA) is 30.5 Å². The fraction of sp³-hybridized carbons (Fsp3) is 0.667. The summed E-state index contributed by atoms with van der Waals surface area (Å²) >= 11 is 0. The van der Waals surface area contributed by atoms with Crippen LogP contribution in [-0.2, 0) is 15.9 Å². The van der Waals surface area contributed by atoms with E-state index in [9.17, 15) is 0 Å². The molecule has 120 valence electrons. The summed E-state index contributed by atoms with van der Waals surface area (Å²) < 4.78 is 11.5. The molecule has 1 aromatic carbocycles. The highest BCUT2D eigenvalue weighted by atomic mass is 16.5. The van der Waals surface area contributed by atoms with Crippen LogP contribution in [0.5, 0.6) is 0 Å². The molecule has 0 spiro atoms. The van der Waals surface area contributed by atoms with Crippen molar-refractivity contribution < 1.29 is 9.47 Å². The SMILES string of the molecule is CCNC(c1ccc(CC)cc1)C(C)OC(C)COCC. The van der Waals surface area contributed by atoms with Crippen LogP contribution in [0.25, 0.3) is 0 Å². The molecule has 0 fully saturated rings. The molecule has 0 saturated carbocycles. The van der Waals surface area contributed by atoms with Gasteiger partial charge in [-0.05, 0) is 44.9 Å². The Bertz CT molecular complexity index is 377. The van der Waals surface area contributed by atoms with Crippen molar-refractivity contribution in [2.24, 2.45) is 0 Å². The average molecular weight is 293 g/mol. The molecule has 21 heavy (non-hydrogen) atoms. The van der Waals surface area contributed by atoms with Gasteiger partial charge in [-0.1, -0.05) is 38.1 Å². The first kappa shape index (κ1) is 18.1. The monoisotopic (exact) mass is 293 g/mol. The predicted octanol–water partition coefficient (Wildman–Crippen LogP) is 3.73. The Balaban J connectivity index is 2.69. The van der Waals surface area contributed by atoms with E-state index < -0.39 is 0 Å². The Morgan fingerprint density at radius 1 is 1.05 bits per heavy atom. The first-order valence-electron chi connectivity index (χ1n) is 8.17. The van der Waals surface area contributed by atoms with Crippen LogP contribution in [0.2, 0.25) is 0 Å². The third-order valence-electron chi connectivity index (χ3n) is 3.64. The molecule has 3 nitrogen and oxygen atoms in total. The normalized spacial score (nSPS) is 15.7. The van der Waals surface area contributed by atoms with Crippen molar-refractivity contribution >= 4 is 0 Å². The number of hydrogen-bond donors (Lipinski definition) is 1. The molecule has 0 bridgehead atoms. The van der Waals surface area contributed by atoms with Gasteiger partial charge in [-0.2, -0.15) is 0 Å². The molecule has 0 saturated heterocycles. The van der Waals surface area contributed by atoms with Gasteiger partial charge < -0.3 is 14.8 Å². The highest BCUT2D eigenvalue weighted by Gasteiger charge is 2.21. The maximum atomic E-state index is 6.09. The third kappa shape index (κ3) is 6.16. The zero-order valence-electron chi connectivity index (χ0n) is 14.2. The van der Waals surface area contributed by atoms with Crippen LogP contribution < -0.4 is 5.32 Å². The summed E-state index contributed by atoms with van der Waals surface area (Å²) in [5.41, 5.74) is 2.65. The fourth-order valence-corrected chi connectivity index (χ4v) is 2.50. The van der Waals surface area contributed by atoms with E-state index in [1.165, 1.54) is 11.1 Å². The molecular weight excluding hydrogens is 262 g/mol. The van der Waals surface area contributed by atoms with Crippen LogP contribution >= 0.6 is 0 Å². The summed E-state index contributed by atoms with van der Waals surface area (Å²) in [4.78, 5) is 0. The number of aryl methyl sites for hydroxylation is 1. The molecule has 0 aliphatic heterocycles. The van der Waals surface area contributed by atoms with E-state index in [0.29, 0.717) is 6.61 Å². The van der Waals surface area contributed by atoms with E-state index in [0.717, 1.165) is 19.6 Å². The van der Waals surface area contributed by atoms with Crippen LogP contribution in [0.15, 0.2) is 24.3 Å². The van der Waals surface area contributed by atoms with Gasteiger partial charge in [0.1, 0.15) is 0 Å². The van der Waals surface area contributed by atoms with Crippen LogP contribution in [-0.4, -0.2) is 32.0 Å². The van der Waals surface area contributed by atoms with Gasteiger partial charge in [0.25, 0.3) is 0 Å². The molecule has 1 aromatic rings. The lowest BCUT2D eigenvalue weighted by atomic mass is 10.00. The Morgan fingerprint density at radius 3 is 2.24 bits per heavy atom. The number of hydrogen-bond acceptors (Lipinski definition) is 3. The number of benzene rings is 1. The van der Waals surface area contributed by atoms with Gasteiger partial charge in [0.15, 0.2) is 0 Å². The molecule has 0 heterocycles. The molecular formula is C18H31NO2. The second-order valence-electron chi connectivity index (χ2n) is 5.44. The quantitative estimate of drug-likeness (QED) is 0.713. The summed E-state index contributed by atoms with van der Waals surface area (Å²) in [6.07, 6.45) is 1.28. The molecule has 0 radical (unpaired) electrons. The van der Waals surface area contributed by atoms with Crippen molar-refractivity contribution in [2.45, 2.75) is 59.3 Å². The smallest absolute Gasteiger partial charge is 0.0785 e. The van der Waals surface area contributed by atoms with E-state index in [2.05, 4.69) is 57.3 Å². The Labute approximate surface area is 130 Å². The minimum Gasteiger partial charge on any atom is -0.379 e. The lowest BCUT2D eigenvalue weighted by Crippen LogP contribution is -2.35. The van der Waals surface area contributed by atoms with Crippen molar-refractivity contribution in [3.05, 3.63) is 35.4 Å². The molecule has 1 N–H and O–H groups in total. The number of nitrogens with one attached hydrogen (secondary N) is 1. The summed E-state index contributed by atoms with van der Waals surface area (Å²) in [6, 6.07) is 9.04. The minimum atomic E-state index is 0.105. The zero-order valence-corrected chi connectivity index (χ0v) is 14.2. The number of ether oxygens (including phenoxy) is 2. The van der Waals surface area contributed by atoms with Crippen LogP contribution in [0.3, 0.4) is 0 Å². The van der Waals surface area contributed by atoms with Crippen molar-refractivity contribution in [2.75, 3.05) is 19.8 Å². The maximum Gasteiger partial charge on any atom is 0.0785 e. The van der Waals surface area contributed by atoms with Crippen LogP contribution in [0.4, 0.5) is 0 Å². The molecule has 0 aliphatic carbocycles. The van der Waals surface area contributed by atoms with Gasteiger partial charge >= 0.3 is 0 Å². The van der Waals surface area contributed by atoms with Gasteiger partial charge in [-0.3, -0.25) is 0 Å². The standard InChI is InChI=1S/C18H31NO2/c1-6-16-9-11-17(12-10-16)18(19-7-2)15(5)21-14(4)13-20-8-3/h9-12,14-15,18-19H,6-8,13H2,1-5H3. The van der Waals surface area contributed by atoms with Crippen LogP contribution in [0, 0.1) is 0 Å². The molecule has 1 rings (SSSR count). The van der Waals surface area contributed by atoms with Crippen molar-refractivity contribution in [3.8, 4) is 0 Å². The lowest BCUT2D eigenvalue weighted by Gasteiger charge is -2.28. The van der Waals surface area contributed by atoms with Gasteiger partial charge in [-0.25, -0.2) is 0 Å². The molecule has 3 unspecified atom stereocenters. The number of rotatable bonds is 10. The molecule has 0 aromatic heterocycles. The van der Waals surface area contributed by atoms with E-state index >= 15 is 0 Å². The zero-order chi connectivity index (χ0) is 15.7. The van der Waals surface area contributed by atoms with Gasteiger partial charge in [0, 0.05) is 6.61 Å². The van der Waals surface area contributed by atoms with Crippen molar-refractivity contribution in [3.63, 3.8) is 0 Å². The highest BCUT2D eigenvalue weighted by molar-refractivity contribution is 5.25. The second-order valence-corrected chi connectivity index (χ2v) is 5.44. The minimum absolute atomic E-state index is 0.105. The molecule has 0 aliphatic rings. The molecule has 0 amide bonds. The van der Waals surface area contributed by atoms with Gasteiger partial charge in [-0.15, -0.1) is 0 Å². The first-order chi connectivity index (χ1) is 10.1. The van der Waals surface area contributed by atoms with E-state index in [1.54, 1.807) is 0 Å². The second kappa shape index (κ2) is 9.93. The van der Waals surface area contributed by atoms with Gasteiger partial charge in [0.05, 0.1) is 24.9 Å². The highest BCUT2D eigenvalue weighted by Crippen LogP contribution is 2.21. The average Bonchev–Trinajstić information content (AvgIpc) is 2.50. The van der Waals surface area contributed by atoms with Gasteiger partial charge in [0.2, 0.25) is 0 Å². The molecule has 3 atom stereocenters. The Kier molecular flexibility index (Phi) is 8.58. The van der Waals surface area contributed by atoms with E-state index in [1.807, 2.05) is 6.92 Å². The Hall–Kier alpha value is -0.900. The maximum absolute atomic E-state index is 6.09. The summed E-state index contributed by atoms with van der Waals surface area (Å²) in [5.74, 6) is 0. The van der Waals surface area contributed by atoms with Crippen molar-refractivity contribution in [1.82, 2.24) is 5.32 Å². The predicted molar refractivity (Wildman–Crippen MR) is 88.7 cm³/mol. The summed E-state index contributed by atoms with van der Waals surface area (Å²) in [5, 5.41) is 3.53. The largest absolute Gasteiger partial charge is 0.379 e. The summed E-state index contributed by atoms with van der Waals surface area (Å²) in [7, 11) is 0. The Morgan fingerprint density at radius 2 is 1.71 bits per heavy atom. The summed E-state index contributed by atoms with van der Waals surface area (Å²) in [6.45, 7) is 12.8. The third-order valence-corrected chi connectivity index (χ3v) is 3.64. The van der Waals surface area contributed by atoms with E-state index in [-0.39, 0.29) is 18.2 Å². The van der Waals surface area contributed by atoms with Crippen LogP contribution in [0.1, 0.15) is 51.8 Å². The number of likely N-dealkylation sites (N-methyl/N-ethyl adjacent to an activating group) is 1. The lowest BCUT2D eigenvalue weighted by molar-refractivity contribution is -0.0525. The van der Waals surface area contributed by atoms with Crippen molar-refractivity contribution in [1.29, 1.82) is 0 Å². The van der Waals surface area contributed by atoms with E-state index in [4.69, 9.17) is 9.47 Å². The fourth-order valence-electron chi connectivity index (χ4n) is 2.50. The molecule has 3 heteroatoms. The first-order valence-corrected chi connectivity index (χ1v) is 8.17.